The van der Waals surface area contributed by atoms with Gasteiger partial charge in [0.2, 0.25) is 0 Å². The summed E-state index contributed by atoms with van der Waals surface area (Å²) in [7, 11) is 0. The number of nitrogens with zero attached hydrogens (tertiary/aromatic N) is 4. The van der Waals surface area contributed by atoms with Gasteiger partial charge in [0.25, 0.3) is 13.4 Å². The van der Waals surface area contributed by atoms with E-state index in [1.807, 2.05) is 0 Å². The predicted molar refractivity (Wildman–Crippen MR) is 344 cm³/mol. The van der Waals surface area contributed by atoms with Gasteiger partial charge in [0.15, 0.2) is 0 Å². The number of benzene rings is 11. The van der Waals surface area contributed by atoms with Gasteiger partial charge in [0.1, 0.15) is 23.0 Å². The molecule has 8 heterocycles. The average Bonchev–Trinajstić information content (AvgIpc) is 2.48. The van der Waals surface area contributed by atoms with Gasteiger partial charge in [0.05, 0.1) is 55.5 Å². The molecule has 0 saturated heterocycles. The van der Waals surface area contributed by atoms with Crippen molar-refractivity contribution in [3.63, 3.8) is 0 Å². The maximum atomic E-state index is 7.94. The predicted octanol–water partition coefficient (Wildman–Crippen LogP) is 14.5. The molecule has 6 nitrogen and oxygen atoms in total. The summed E-state index contributed by atoms with van der Waals surface area (Å²) in [6.45, 7) is 13.5. The molecule has 0 spiro atoms. The summed E-state index contributed by atoms with van der Waals surface area (Å²) >= 11 is 0. The zero-order chi connectivity index (χ0) is 54.4. The minimum atomic E-state index is -0.236. The molecule has 4 aromatic heterocycles. The van der Waals surface area contributed by atoms with Gasteiger partial charge in [-0.2, -0.15) is 0 Å². The largest absolute Gasteiger partial charge is 0.456 e. The van der Waals surface area contributed by atoms with Crippen LogP contribution in [-0.2, 0) is 10.8 Å². The Kier molecular flexibility index (Phi) is 8.37. The second-order valence-electron chi connectivity index (χ2n) is 25.5. The van der Waals surface area contributed by atoms with E-state index in [-0.39, 0.29) is 24.3 Å². The van der Waals surface area contributed by atoms with Crippen LogP contribution in [0, 0.1) is 0 Å². The first kappa shape index (κ1) is 45.1. The molecule has 0 unspecified atom stereocenters. The van der Waals surface area contributed by atoms with Crippen LogP contribution in [0.4, 0.5) is 0 Å². The molecule has 0 fully saturated rings. The lowest BCUT2D eigenvalue weighted by atomic mass is 9.31. The Morgan fingerprint density at radius 3 is 1.04 bits per heavy atom. The lowest BCUT2D eigenvalue weighted by Gasteiger charge is -2.41. The van der Waals surface area contributed by atoms with E-state index in [1.165, 1.54) is 109 Å². The van der Waals surface area contributed by atoms with Gasteiger partial charge in [-0.25, -0.2) is 0 Å². The molecule has 386 valence electrons. The fourth-order valence-corrected chi connectivity index (χ4v) is 15.6. The number of rotatable bonds is 2. The Labute approximate surface area is 474 Å². The summed E-state index contributed by atoms with van der Waals surface area (Å²) < 4.78 is 26.1. The van der Waals surface area contributed by atoms with E-state index < -0.39 is 0 Å². The van der Waals surface area contributed by atoms with Crippen molar-refractivity contribution >= 4 is 133 Å². The van der Waals surface area contributed by atoms with Crippen LogP contribution in [0.5, 0.6) is 23.0 Å². The minimum Gasteiger partial charge on any atom is -0.456 e. The van der Waals surface area contributed by atoms with Crippen molar-refractivity contribution < 1.29 is 9.47 Å². The van der Waals surface area contributed by atoms with E-state index in [0.29, 0.717) is 0 Å². The Morgan fingerprint density at radius 2 is 0.659 bits per heavy atom. The highest BCUT2D eigenvalue weighted by Crippen LogP contribution is 2.52. The van der Waals surface area contributed by atoms with Crippen LogP contribution >= 0.6 is 0 Å². The summed E-state index contributed by atoms with van der Waals surface area (Å²) in [5.74, 6) is 3.55. The molecule has 0 bridgehead atoms. The maximum Gasteiger partial charge on any atom is 0.256 e. The first-order chi connectivity index (χ1) is 40.0. The Hall–Kier alpha value is -9.65. The van der Waals surface area contributed by atoms with Crippen LogP contribution in [0.1, 0.15) is 52.7 Å². The Balaban J connectivity index is 1.05. The number of para-hydroxylation sites is 6. The van der Waals surface area contributed by atoms with Crippen LogP contribution in [0.15, 0.2) is 206 Å². The third kappa shape index (κ3) is 5.49. The highest BCUT2D eigenvalue weighted by molar-refractivity contribution is 7.02. The number of hydrogen-bond acceptors (Lipinski definition) is 2. The van der Waals surface area contributed by atoms with Crippen LogP contribution in [-0.4, -0.2) is 31.7 Å². The van der Waals surface area contributed by atoms with Crippen molar-refractivity contribution in [3.8, 4) is 45.7 Å². The highest BCUT2D eigenvalue weighted by atomic mass is 16.5. The van der Waals surface area contributed by atoms with Crippen molar-refractivity contribution in [3.05, 3.63) is 217 Å². The van der Waals surface area contributed by atoms with Gasteiger partial charge in [-0.05, 0) is 117 Å². The molecule has 0 saturated carbocycles. The molecule has 15 aromatic rings. The molecule has 0 aliphatic carbocycles. The summed E-state index contributed by atoms with van der Waals surface area (Å²) in [5.41, 5.74) is 23.3. The van der Waals surface area contributed by atoms with Crippen LogP contribution in [0.2, 0.25) is 0 Å². The molecule has 11 aromatic carbocycles. The summed E-state index contributed by atoms with van der Waals surface area (Å²) in [4.78, 5) is 0. The molecule has 4 aliphatic heterocycles. The van der Waals surface area contributed by atoms with Crippen LogP contribution < -0.4 is 42.3 Å². The van der Waals surface area contributed by atoms with Gasteiger partial charge in [0, 0.05) is 65.4 Å². The van der Waals surface area contributed by atoms with Crippen molar-refractivity contribution in [2.75, 3.05) is 0 Å². The molecule has 4 aliphatic rings. The first-order valence-corrected chi connectivity index (χ1v) is 29.0. The summed E-state index contributed by atoms with van der Waals surface area (Å²) in [5, 5.41) is 9.92. The van der Waals surface area contributed by atoms with Gasteiger partial charge in [-0.15, -0.1) is 0 Å². The van der Waals surface area contributed by atoms with Crippen molar-refractivity contribution in [2.45, 2.75) is 52.4 Å². The van der Waals surface area contributed by atoms with E-state index in [2.05, 4.69) is 266 Å². The molecule has 0 N–H and O–H groups in total. The second-order valence-corrected chi connectivity index (χ2v) is 25.5. The molecule has 0 atom stereocenters. The smallest absolute Gasteiger partial charge is 0.256 e. The van der Waals surface area contributed by atoms with E-state index in [1.54, 1.807) is 0 Å². The quantitative estimate of drug-likeness (QED) is 0.162. The second kappa shape index (κ2) is 15.2. The number of hydrogen-bond donors (Lipinski definition) is 0. The van der Waals surface area contributed by atoms with E-state index in [9.17, 15) is 0 Å². The monoisotopic (exact) mass is 1050 g/mol. The van der Waals surface area contributed by atoms with Gasteiger partial charge in [-0.3, -0.25) is 0 Å². The lowest BCUT2D eigenvalue weighted by Crippen LogP contribution is -2.63. The van der Waals surface area contributed by atoms with Crippen LogP contribution in [0.25, 0.3) is 110 Å². The molecular weight excluding hydrogens is 998 g/mol. The normalized spacial score (nSPS) is 13.9. The first-order valence-electron chi connectivity index (χ1n) is 29.0. The molecule has 8 heteroatoms. The lowest BCUT2D eigenvalue weighted by molar-refractivity contribution is 0.471. The third-order valence-electron chi connectivity index (χ3n) is 19.1. The topological polar surface area (TPSA) is 38.2 Å². The van der Waals surface area contributed by atoms with Crippen molar-refractivity contribution in [1.82, 2.24) is 18.3 Å². The maximum absolute atomic E-state index is 7.94. The van der Waals surface area contributed by atoms with Gasteiger partial charge < -0.3 is 27.7 Å². The van der Waals surface area contributed by atoms with E-state index >= 15 is 0 Å². The fraction of sp³-hybridized carbons (Fsp3) is 0.108. The van der Waals surface area contributed by atoms with Crippen LogP contribution in [0.3, 0.4) is 0 Å². The van der Waals surface area contributed by atoms with E-state index in [4.69, 9.17) is 9.47 Å². The SMILES string of the molecule is CC(C)(C)c1ccc2c(c1)B1c3c(c4c5c(c3-n3c6ccccc6c6c7c8ccccc8n(-c8ccccc8)c7cc1c63)Oc1ccc(C(C)(C)C)cc1B5c1cc3c(c5ccccc5n3-c3ccccc3)c3c5ccccc5n-4c13)O2. The Morgan fingerprint density at radius 1 is 0.317 bits per heavy atom. The highest BCUT2D eigenvalue weighted by Gasteiger charge is 2.51. The standard InChI is InChI=1S/C74H52B2N4O2/c1-73(2,3)41-33-35-59-49(37-41)75-51-39-57-61(45-25-13-17-29-53(45)77(57)43-21-9-7-10-22-43)63-47-27-15-19-31-55(47)79(67(51)63)69-65(75)71(81-59)70-66-72(69)82-60-36-34-42(74(4,5)6)38-50(60)76(66)52-40-58-62(64-48-28-16-20-32-56(48)80(70)68(52)64)46-26-14-18-30-54(46)78(58)44-23-11-8-12-24-44/h7-40H,1-6H3. The van der Waals surface area contributed by atoms with E-state index in [0.717, 1.165) is 67.7 Å². The fourth-order valence-electron chi connectivity index (χ4n) is 15.6. The number of aromatic nitrogens is 4. The van der Waals surface area contributed by atoms with Crippen molar-refractivity contribution in [1.29, 1.82) is 0 Å². The molecule has 19 rings (SSSR count). The Bertz CT molecular complexity index is 5100. The minimum absolute atomic E-state index is 0.122. The number of fused-ring (bicyclic) bond motifs is 24. The molecule has 0 amide bonds. The zero-order valence-electron chi connectivity index (χ0n) is 46.4. The third-order valence-corrected chi connectivity index (χ3v) is 19.1. The van der Waals surface area contributed by atoms with Gasteiger partial charge >= 0.3 is 0 Å². The molecule has 82 heavy (non-hydrogen) atoms. The van der Waals surface area contributed by atoms with Gasteiger partial charge in [-0.1, -0.05) is 175 Å². The van der Waals surface area contributed by atoms with Crippen molar-refractivity contribution in [2.24, 2.45) is 0 Å². The molecule has 0 radical (unpaired) electrons. The number of ether oxygens (including phenoxy) is 2. The summed E-state index contributed by atoms with van der Waals surface area (Å²) in [6, 6.07) is 77.2. The molecular formula is C74H52B2N4O2. The zero-order valence-corrected chi connectivity index (χ0v) is 46.4. The summed E-state index contributed by atoms with van der Waals surface area (Å²) in [6.07, 6.45) is 0. The average molecular weight is 1050 g/mol.